The number of hydrogen-bond acceptors (Lipinski definition) is 2. The standard InChI is InChI=1S/C13H11BrCl2N2/c1-17-12(13-9(14)5-3-7-18-13)8-4-2-6-10(15)11(8)16/h2-7,12,17H,1H3. The van der Waals surface area contributed by atoms with E-state index in [4.69, 9.17) is 23.2 Å². The molecule has 2 nitrogen and oxygen atoms in total. The normalized spacial score (nSPS) is 12.4. The molecule has 1 aromatic heterocycles. The van der Waals surface area contributed by atoms with Crippen molar-refractivity contribution in [2.75, 3.05) is 7.05 Å². The van der Waals surface area contributed by atoms with Crippen LogP contribution in [0.4, 0.5) is 0 Å². The Bertz CT molecular complexity index is 560. The van der Waals surface area contributed by atoms with Gasteiger partial charge in [0.15, 0.2) is 0 Å². The molecule has 2 rings (SSSR count). The Hall–Kier alpha value is -0.610. The molecule has 1 unspecified atom stereocenters. The van der Waals surface area contributed by atoms with E-state index in [2.05, 4.69) is 26.2 Å². The topological polar surface area (TPSA) is 24.9 Å². The number of pyridine rings is 1. The quantitative estimate of drug-likeness (QED) is 0.888. The number of halogens is 3. The van der Waals surface area contributed by atoms with Crippen molar-refractivity contribution >= 4 is 39.1 Å². The highest BCUT2D eigenvalue weighted by atomic mass is 79.9. The molecule has 1 heterocycles. The molecule has 94 valence electrons. The summed E-state index contributed by atoms with van der Waals surface area (Å²) in [6.45, 7) is 0. The second-order valence-electron chi connectivity index (χ2n) is 3.74. The van der Waals surface area contributed by atoms with E-state index in [-0.39, 0.29) is 6.04 Å². The second-order valence-corrected chi connectivity index (χ2v) is 5.37. The van der Waals surface area contributed by atoms with Gasteiger partial charge in [-0.05, 0) is 46.7 Å². The van der Waals surface area contributed by atoms with Crippen LogP contribution in [0.25, 0.3) is 0 Å². The third-order valence-electron chi connectivity index (χ3n) is 2.64. The highest BCUT2D eigenvalue weighted by Gasteiger charge is 2.19. The minimum Gasteiger partial charge on any atom is -0.308 e. The Kier molecular flexibility index (Phi) is 4.62. The number of rotatable bonds is 3. The summed E-state index contributed by atoms with van der Waals surface area (Å²) < 4.78 is 0.931. The van der Waals surface area contributed by atoms with E-state index in [0.717, 1.165) is 15.7 Å². The average Bonchev–Trinajstić information content (AvgIpc) is 2.37. The van der Waals surface area contributed by atoms with Crippen molar-refractivity contribution in [2.24, 2.45) is 0 Å². The summed E-state index contributed by atoms with van der Waals surface area (Å²) in [7, 11) is 1.86. The first-order valence-electron chi connectivity index (χ1n) is 5.36. The zero-order valence-corrected chi connectivity index (χ0v) is 12.7. The maximum Gasteiger partial charge on any atom is 0.0775 e. The van der Waals surface area contributed by atoms with Gasteiger partial charge in [0.25, 0.3) is 0 Å². The molecule has 1 aromatic carbocycles. The molecule has 0 aliphatic carbocycles. The summed E-state index contributed by atoms with van der Waals surface area (Å²) in [4.78, 5) is 4.39. The fraction of sp³-hybridized carbons (Fsp3) is 0.154. The van der Waals surface area contributed by atoms with Gasteiger partial charge < -0.3 is 5.32 Å². The summed E-state index contributed by atoms with van der Waals surface area (Å²) in [6, 6.07) is 9.31. The van der Waals surface area contributed by atoms with E-state index in [1.807, 2.05) is 31.3 Å². The molecule has 0 radical (unpaired) electrons. The van der Waals surface area contributed by atoms with Crippen LogP contribution in [0.15, 0.2) is 41.0 Å². The van der Waals surface area contributed by atoms with Crippen LogP contribution in [0.1, 0.15) is 17.3 Å². The zero-order chi connectivity index (χ0) is 13.1. The summed E-state index contributed by atoms with van der Waals surface area (Å²) in [6.07, 6.45) is 1.75. The predicted octanol–water partition coefficient (Wildman–Crippen LogP) is 4.46. The van der Waals surface area contributed by atoms with Gasteiger partial charge >= 0.3 is 0 Å². The molecule has 0 saturated heterocycles. The largest absolute Gasteiger partial charge is 0.308 e. The van der Waals surface area contributed by atoms with Gasteiger partial charge in [-0.3, -0.25) is 4.98 Å². The lowest BCUT2D eigenvalue weighted by Crippen LogP contribution is -2.19. The molecule has 18 heavy (non-hydrogen) atoms. The van der Waals surface area contributed by atoms with E-state index >= 15 is 0 Å². The average molecular weight is 346 g/mol. The number of benzene rings is 1. The smallest absolute Gasteiger partial charge is 0.0775 e. The minimum absolute atomic E-state index is 0.105. The molecule has 0 aliphatic heterocycles. The summed E-state index contributed by atoms with van der Waals surface area (Å²) >= 11 is 15.8. The number of nitrogens with one attached hydrogen (secondary N) is 1. The first-order valence-corrected chi connectivity index (χ1v) is 6.91. The molecule has 0 spiro atoms. The molecule has 0 aliphatic rings. The Balaban J connectivity index is 2.53. The van der Waals surface area contributed by atoms with Crippen molar-refractivity contribution in [3.05, 3.63) is 62.3 Å². The van der Waals surface area contributed by atoms with Crippen LogP contribution in [-0.2, 0) is 0 Å². The monoisotopic (exact) mass is 344 g/mol. The molecular formula is C13H11BrCl2N2. The van der Waals surface area contributed by atoms with E-state index in [9.17, 15) is 0 Å². The SMILES string of the molecule is CNC(c1cccc(Cl)c1Cl)c1ncccc1Br. The number of nitrogens with zero attached hydrogens (tertiary/aromatic N) is 1. The second kappa shape index (κ2) is 6.02. The highest BCUT2D eigenvalue weighted by Crippen LogP contribution is 2.34. The lowest BCUT2D eigenvalue weighted by molar-refractivity contribution is 0.668. The first kappa shape index (κ1) is 13.8. The van der Waals surface area contributed by atoms with Gasteiger partial charge in [-0.2, -0.15) is 0 Å². The van der Waals surface area contributed by atoms with E-state index in [1.54, 1.807) is 12.3 Å². The van der Waals surface area contributed by atoms with Crippen LogP contribution >= 0.6 is 39.1 Å². The van der Waals surface area contributed by atoms with Gasteiger partial charge in [0.1, 0.15) is 0 Å². The summed E-state index contributed by atoms with van der Waals surface area (Å²) in [5.74, 6) is 0. The van der Waals surface area contributed by atoms with Gasteiger partial charge in [0.05, 0.1) is 21.8 Å². The van der Waals surface area contributed by atoms with Crippen LogP contribution in [0.5, 0.6) is 0 Å². The number of aromatic nitrogens is 1. The van der Waals surface area contributed by atoms with Crippen LogP contribution in [0, 0.1) is 0 Å². The van der Waals surface area contributed by atoms with Crippen molar-refractivity contribution < 1.29 is 0 Å². The van der Waals surface area contributed by atoms with Crippen LogP contribution < -0.4 is 5.32 Å². The van der Waals surface area contributed by atoms with Gasteiger partial charge in [-0.1, -0.05) is 35.3 Å². The molecular weight excluding hydrogens is 335 g/mol. The summed E-state index contributed by atoms with van der Waals surface area (Å²) in [5.41, 5.74) is 1.79. The lowest BCUT2D eigenvalue weighted by Gasteiger charge is -2.19. The molecule has 1 N–H and O–H groups in total. The van der Waals surface area contributed by atoms with Crippen molar-refractivity contribution in [1.29, 1.82) is 0 Å². The molecule has 5 heteroatoms. The Labute approximate surface area is 124 Å². The summed E-state index contributed by atoms with van der Waals surface area (Å²) in [5, 5.41) is 4.30. The van der Waals surface area contributed by atoms with Crippen LogP contribution in [0.2, 0.25) is 10.0 Å². The zero-order valence-electron chi connectivity index (χ0n) is 9.62. The fourth-order valence-corrected chi connectivity index (χ4v) is 2.69. The van der Waals surface area contributed by atoms with Crippen molar-refractivity contribution in [2.45, 2.75) is 6.04 Å². The van der Waals surface area contributed by atoms with E-state index in [0.29, 0.717) is 10.0 Å². The van der Waals surface area contributed by atoms with Crippen LogP contribution in [0.3, 0.4) is 0 Å². The minimum atomic E-state index is -0.105. The molecule has 1 atom stereocenters. The van der Waals surface area contributed by atoms with Gasteiger partial charge in [-0.25, -0.2) is 0 Å². The molecule has 2 aromatic rings. The first-order chi connectivity index (χ1) is 8.65. The predicted molar refractivity (Wildman–Crippen MR) is 79.3 cm³/mol. The maximum absolute atomic E-state index is 6.25. The van der Waals surface area contributed by atoms with E-state index in [1.165, 1.54) is 0 Å². The Morgan fingerprint density at radius 2 is 2.00 bits per heavy atom. The van der Waals surface area contributed by atoms with Gasteiger partial charge in [0.2, 0.25) is 0 Å². The van der Waals surface area contributed by atoms with Crippen molar-refractivity contribution in [3.8, 4) is 0 Å². The van der Waals surface area contributed by atoms with Gasteiger partial charge in [-0.15, -0.1) is 0 Å². The maximum atomic E-state index is 6.25. The van der Waals surface area contributed by atoms with Crippen LogP contribution in [-0.4, -0.2) is 12.0 Å². The van der Waals surface area contributed by atoms with E-state index < -0.39 is 0 Å². The number of hydrogen-bond donors (Lipinski definition) is 1. The molecule has 0 fully saturated rings. The Morgan fingerprint density at radius 1 is 1.22 bits per heavy atom. The van der Waals surface area contributed by atoms with Gasteiger partial charge in [0, 0.05) is 10.7 Å². The molecule has 0 bridgehead atoms. The highest BCUT2D eigenvalue weighted by molar-refractivity contribution is 9.10. The fourth-order valence-electron chi connectivity index (χ4n) is 1.79. The lowest BCUT2D eigenvalue weighted by atomic mass is 10.0. The van der Waals surface area contributed by atoms with Crippen molar-refractivity contribution in [3.63, 3.8) is 0 Å². The third kappa shape index (κ3) is 2.69. The molecule has 0 saturated carbocycles. The van der Waals surface area contributed by atoms with Crippen molar-refractivity contribution in [1.82, 2.24) is 10.3 Å². The third-order valence-corrected chi connectivity index (χ3v) is 4.15. The molecule has 0 amide bonds. The Morgan fingerprint density at radius 3 is 2.67 bits per heavy atom.